The van der Waals surface area contributed by atoms with Crippen molar-refractivity contribution in [3.05, 3.63) is 18.7 Å². The van der Waals surface area contributed by atoms with E-state index in [1.807, 2.05) is 24.6 Å². The zero-order valence-corrected chi connectivity index (χ0v) is 10.6. The van der Waals surface area contributed by atoms with Crippen molar-refractivity contribution in [2.24, 2.45) is 5.73 Å². The molecule has 0 aromatic carbocycles. The molecule has 0 aliphatic rings. The lowest BCUT2D eigenvalue weighted by Crippen LogP contribution is -2.35. The summed E-state index contributed by atoms with van der Waals surface area (Å²) in [5.74, 6) is 0.0956. The van der Waals surface area contributed by atoms with Gasteiger partial charge in [0.2, 0.25) is 5.91 Å². The Balaban J connectivity index is 2.17. The predicted molar refractivity (Wildman–Crippen MR) is 67.3 cm³/mol. The van der Waals surface area contributed by atoms with Gasteiger partial charge < -0.3 is 15.6 Å². The minimum absolute atomic E-state index is 0.0956. The molecule has 5 heteroatoms. The van der Waals surface area contributed by atoms with E-state index >= 15 is 0 Å². The fourth-order valence-corrected chi connectivity index (χ4v) is 1.69. The number of carbonyl (C=O) groups is 1. The maximum absolute atomic E-state index is 11.6. The number of nitrogens with zero attached hydrogens (tertiary/aromatic N) is 2. The molecule has 17 heavy (non-hydrogen) atoms. The van der Waals surface area contributed by atoms with Crippen LogP contribution >= 0.6 is 0 Å². The molecular weight excluding hydrogens is 216 g/mol. The number of hydrogen-bond acceptors (Lipinski definition) is 3. The first-order valence-corrected chi connectivity index (χ1v) is 6.08. The number of aromatic nitrogens is 2. The summed E-state index contributed by atoms with van der Waals surface area (Å²) in [6.45, 7) is 4.70. The summed E-state index contributed by atoms with van der Waals surface area (Å²) >= 11 is 0. The average Bonchev–Trinajstić information content (AvgIpc) is 2.69. The second-order valence-corrected chi connectivity index (χ2v) is 4.60. The number of rotatable bonds is 7. The lowest BCUT2D eigenvalue weighted by molar-refractivity contribution is -0.121. The SMILES string of the molecule is CC(N)CCCC(=O)NC(C)Cn1ccnc1. The van der Waals surface area contributed by atoms with Crippen LogP contribution in [0.3, 0.4) is 0 Å². The minimum Gasteiger partial charge on any atom is -0.352 e. The maximum Gasteiger partial charge on any atom is 0.220 e. The Morgan fingerprint density at radius 3 is 2.88 bits per heavy atom. The van der Waals surface area contributed by atoms with Gasteiger partial charge in [-0.15, -0.1) is 0 Å². The summed E-state index contributed by atoms with van der Waals surface area (Å²) in [6.07, 6.45) is 7.66. The lowest BCUT2D eigenvalue weighted by atomic mass is 10.1. The Hall–Kier alpha value is -1.36. The maximum atomic E-state index is 11.6. The van der Waals surface area contributed by atoms with Crippen molar-refractivity contribution in [1.82, 2.24) is 14.9 Å². The Morgan fingerprint density at radius 1 is 1.53 bits per heavy atom. The van der Waals surface area contributed by atoms with Gasteiger partial charge in [-0.3, -0.25) is 4.79 Å². The summed E-state index contributed by atoms with van der Waals surface area (Å²) in [5.41, 5.74) is 5.63. The van der Waals surface area contributed by atoms with Crippen LogP contribution in [-0.2, 0) is 11.3 Å². The van der Waals surface area contributed by atoms with Gasteiger partial charge in [0.25, 0.3) is 0 Å². The molecule has 1 amide bonds. The number of carbonyl (C=O) groups excluding carboxylic acids is 1. The summed E-state index contributed by atoms with van der Waals surface area (Å²) in [4.78, 5) is 15.5. The molecule has 5 nitrogen and oxygen atoms in total. The van der Waals surface area contributed by atoms with Crippen molar-refractivity contribution in [2.45, 2.75) is 51.7 Å². The number of amides is 1. The van der Waals surface area contributed by atoms with Gasteiger partial charge in [-0.1, -0.05) is 0 Å². The van der Waals surface area contributed by atoms with Crippen molar-refractivity contribution >= 4 is 5.91 Å². The van der Waals surface area contributed by atoms with Crippen LogP contribution in [0.4, 0.5) is 0 Å². The average molecular weight is 238 g/mol. The highest BCUT2D eigenvalue weighted by Crippen LogP contribution is 1.99. The van der Waals surface area contributed by atoms with E-state index in [2.05, 4.69) is 10.3 Å². The number of imidazole rings is 1. The zero-order valence-electron chi connectivity index (χ0n) is 10.6. The smallest absolute Gasteiger partial charge is 0.220 e. The van der Waals surface area contributed by atoms with E-state index in [-0.39, 0.29) is 18.0 Å². The third kappa shape index (κ3) is 6.06. The highest BCUT2D eigenvalue weighted by Gasteiger charge is 2.07. The van der Waals surface area contributed by atoms with E-state index in [1.165, 1.54) is 0 Å². The Morgan fingerprint density at radius 2 is 2.29 bits per heavy atom. The first-order chi connectivity index (χ1) is 8.08. The topological polar surface area (TPSA) is 72.9 Å². The van der Waals surface area contributed by atoms with Gasteiger partial charge in [-0.05, 0) is 26.7 Å². The minimum atomic E-state index is 0.0956. The van der Waals surface area contributed by atoms with Gasteiger partial charge in [0, 0.05) is 37.4 Å². The van der Waals surface area contributed by atoms with E-state index in [1.54, 1.807) is 12.5 Å². The first-order valence-electron chi connectivity index (χ1n) is 6.08. The molecule has 0 aliphatic carbocycles. The standard InChI is InChI=1S/C12H22N4O/c1-10(13)4-3-5-12(17)15-11(2)8-16-7-6-14-9-16/h6-7,9-11H,3-5,8,13H2,1-2H3,(H,15,17). The third-order valence-electron chi connectivity index (χ3n) is 2.51. The largest absolute Gasteiger partial charge is 0.352 e. The van der Waals surface area contributed by atoms with Crippen molar-refractivity contribution in [3.63, 3.8) is 0 Å². The molecule has 0 spiro atoms. The first kappa shape index (κ1) is 13.7. The van der Waals surface area contributed by atoms with Crippen LogP contribution in [0.25, 0.3) is 0 Å². The number of nitrogens with two attached hydrogens (primary N) is 1. The van der Waals surface area contributed by atoms with E-state index in [9.17, 15) is 4.79 Å². The molecule has 0 radical (unpaired) electrons. The van der Waals surface area contributed by atoms with Crippen LogP contribution in [0.1, 0.15) is 33.1 Å². The molecule has 3 N–H and O–H groups in total. The van der Waals surface area contributed by atoms with Gasteiger partial charge in [0.05, 0.1) is 6.33 Å². The second-order valence-electron chi connectivity index (χ2n) is 4.60. The lowest BCUT2D eigenvalue weighted by Gasteiger charge is -2.14. The predicted octanol–water partition coefficient (Wildman–Crippen LogP) is 0.905. The number of hydrogen-bond donors (Lipinski definition) is 2. The summed E-state index contributed by atoms with van der Waals surface area (Å²) in [7, 11) is 0. The van der Waals surface area contributed by atoms with E-state index in [0.29, 0.717) is 6.42 Å². The van der Waals surface area contributed by atoms with Gasteiger partial charge in [-0.25, -0.2) is 4.98 Å². The van der Waals surface area contributed by atoms with Crippen LogP contribution in [0.2, 0.25) is 0 Å². The van der Waals surface area contributed by atoms with E-state index in [4.69, 9.17) is 5.73 Å². The molecule has 0 saturated carbocycles. The van der Waals surface area contributed by atoms with Crippen LogP contribution in [0.5, 0.6) is 0 Å². The van der Waals surface area contributed by atoms with Crippen LogP contribution in [0.15, 0.2) is 18.7 Å². The molecule has 1 aromatic rings. The Labute approximate surface area is 102 Å². The van der Waals surface area contributed by atoms with Gasteiger partial charge in [0.15, 0.2) is 0 Å². The Kier molecular flexibility index (Phi) is 5.69. The molecule has 0 bridgehead atoms. The van der Waals surface area contributed by atoms with Crippen LogP contribution in [0, 0.1) is 0 Å². The Bertz CT molecular complexity index is 321. The molecule has 1 rings (SSSR count). The highest BCUT2D eigenvalue weighted by molar-refractivity contribution is 5.76. The molecule has 1 aromatic heterocycles. The molecular formula is C12H22N4O. The fraction of sp³-hybridized carbons (Fsp3) is 0.667. The van der Waals surface area contributed by atoms with Crippen molar-refractivity contribution in [1.29, 1.82) is 0 Å². The molecule has 0 fully saturated rings. The summed E-state index contributed by atoms with van der Waals surface area (Å²) in [6, 6.07) is 0.290. The molecule has 96 valence electrons. The zero-order chi connectivity index (χ0) is 12.7. The molecule has 1 heterocycles. The van der Waals surface area contributed by atoms with Crippen LogP contribution < -0.4 is 11.1 Å². The van der Waals surface area contributed by atoms with E-state index in [0.717, 1.165) is 19.4 Å². The van der Waals surface area contributed by atoms with Crippen molar-refractivity contribution in [3.8, 4) is 0 Å². The summed E-state index contributed by atoms with van der Waals surface area (Å²) < 4.78 is 1.95. The molecule has 0 saturated heterocycles. The van der Waals surface area contributed by atoms with Crippen molar-refractivity contribution < 1.29 is 4.79 Å². The normalized spacial score (nSPS) is 14.3. The van der Waals surface area contributed by atoms with Gasteiger partial charge >= 0.3 is 0 Å². The molecule has 2 unspecified atom stereocenters. The molecule has 2 atom stereocenters. The van der Waals surface area contributed by atoms with Gasteiger partial charge in [0.1, 0.15) is 0 Å². The fourth-order valence-electron chi connectivity index (χ4n) is 1.69. The van der Waals surface area contributed by atoms with Gasteiger partial charge in [-0.2, -0.15) is 0 Å². The molecule has 0 aliphatic heterocycles. The second kappa shape index (κ2) is 7.06. The van der Waals surface area contributed by atoms with E-state index < -0.39 is 0 Å². The quantitative estimate of drug-likeness (QED) is 0.741. The number of nitrogens with one attached hydrogen (secondary N) is 1. The summed E-state index contributed by atoms with van der Waals surface area (Å²) in [5, 5.41) is 2.96. The van der Waals surface area contributed by atoms with Crippen molar-refractivity contribution in [2.75, 3.05) is 0 Å². The third-order valence-corrected chi connectivity index (χ3v) is 2.51. The highest BCUT2D eigenvalue weighted by atomic mass is 16.1. The monoisotopic (exact) mass is 238 g/mol. The van der Waals surface area contributed by atoms with Crippen LogP contribution in [-0.4, -0.2) is 27.5 Å².